The summed E-state index contributed by atoms with van der Waals surface area (Å²) in [6.45, 7) is 4.68. The molecular formula is C27H31N3O2. The Balaban J connectivity index is 1.47. The van der Waals surface area contributed by atoms with Gasteiger partial charge < -0.3 is 5.11 Å². The number of fused-ring (bicyclic) bond motifs is 1. The number of hydrogen-bond acceptors (Lipinski definition) is 4. The van der Waals surface area contributed by atoms with E-state index in [1.165, 1.54) is 32.1 Å². The van der Waals surface area contributed by atoms with Crippen LogP contribution in [0.1, 0.15) is 48.0 Å². The minimum Gasteiger partial charge on any atom is -0.478 e. The van der Waals surface area contributed by atoms with Crippen LogP contribution in [-0.4, -0.2) is 58.1 Å². The van der Waals surface area contributed by atoms with Crippen molar-refractivity contribution >= 4 is 16.9 Å². The smallest absolute Gasteiger partial charge is 0.336 e. The maximum Gasteiger partial charge on any atom is 0.336 e. The Hall–Kier alpha value is -2.76. The predicted molar refractivity (Wildman–Crippen MR) is 128 cm³/mol. The zero-order valence-electron chi connectivity index (χ0n) is 18.5. The molecule has 0 bridgehead atoms. The zero-order valence-corrected chi connectivity index (χ0v) is 18.5. The lowest BCUT2D eigenvalue weighted by Gasteiger charge is -2.41. The van der Waals surface area contributed by atoms with Crippen LogP contribution in [-0.2, 0) is 6.54 Å². The zero-order chi connectivity index (χ0) is 21.9. The van der Waals surface area contributed by atoms with Crippen molar-refractivity contribution in [1.82, 2.24) is 14.8 Å². The summed E-state index contributed by atoms with van der Waals surface area (Å²) in [6.07, 6.45) is 6.75. The molecular weight excluding hydrogens is 398 g/mol. The highest BCUT2D eigenvalue weighted by Gasteiger charge is 2.27. The number of rotatable bonds is 5. The largest absolute Gasteiger partial charge is 0.478 e. The lowest BCUT2D eigenvalue weighted by atomic mass is 9.93. The van der Waals surface area contributed by atoms with E-state index < -0.39 is 5.97 Å². The molecule has 0 amide bonds. The highest BCUT2D eigenvalue weighted by Crippen LogP contribution is 2.32. The molecule has 1 saturated carbocycles. The number of carboxylic acids is 1. The molecule has 32 heavy (non-hydrogen) atoms. The highest BCUT2D eigenvalue weighted by atomic mass is 16.4. The highest BCUT2D eigenvalue weighted by molar-refractivity contribution is 6.05. The summed E-state index contributed by atoms with van der Waals surface area (Å²) in [7, 11) is 0. The van der Waals surface area contributed by atoms with Crippen molar-refractivity contribution < 1.29 is 9.90 Å². The maximum atomic E-state index is 12.5. The fourth-order valence-electron chi connectivity index (χ4n) is 5.44. The van der Waals surface area contributed by atoms with E-state index in [9.17, 15) is 9.90 Å². The van der Waals surface area contributed by atoms with E-state index in [1.807, 2.05) is 54.6 Å². The van der Waals surface area contributed by atoms with Crippen molar-refractivity contribution in [1.29, 1.82) is 0 Å². The first kappa shape index (κ1) is 21.1. The summed E-state index contributed by atoms with van der Waals surface area (Å²) in [6, 6.07) is 18.3. The third kappa shape index (κ3) is 4.27. The van der Waals surface area contributed by atoms with Gasteiger partial charge in [0.1, 0.15) is 0 Å². The first-order valence-corrected chi connectivity index (χ1v) is 11.9. The third-order valence-electron chi connectivity index (χ3n) is 7.13. The number of carbonyl (C=O) groups is 1. The van der Waals surface area contributed by atoms with Crippen molar-refractivity contribution in [2.24, 2.45) is 0 Å². The van der Waals surface area contributed by atoms with Gasteiger partial charge in [0.2, 0.25) is 0 Å². The van der Waals surface area contributed by atoms with E-state index in [2.05, 4.69) is 9.80 Å². The van der Waals surface area contributed by atoms with Crippen LogP contribution in [0.2, 0.25) is 0 Å². The minimum atomic E-state index is -0.878. The Kier molecular flexibility index (Phi) is 6.19. The SMILES string of the molecule is O=C(O)c1c(CN2CCN(C3CCCCC3)CC2)c(-c2ccccc2)nc2ccccc12. The number of hydrogen-bond donors (Lipinski definition) is 1. The van der Waals surface area contributed by atoms with Crippen LogP contribution in [0.3, 0.4) is 0 Å². The number of benzene rings is 2. The second-order valence-corrected chi connectivity index (χ2v) is 9.11. The molecule has 5 nitrogen and oxygen atoms in total. The van der Waals surface area contributed by atoms with Crippen molar-refractivity contribution in [3.05, 3.63) is 65.7 Å². The number of para-hydroxylation sites is 1. The van der Waals surface area contributed by atoms with Crippen molar-refractivity contribution in [2.45, 2.75) is 44.7 Å². The molecule has 3 aromatic rings. The molecule has 1 aliphatic carbocycles. The fraction of sp³-hybridized carbons (Fsp3) is 0.407. The van der Waals surface area contributed by atoms with Gasteiger partial charge in [-0.1, -0.05) is 67.8 Å². The summed E-state index contributed by atoms with van der Waals surface area (Å²) in [5, 5.41) is 10.9. The summed E-state index contributed by atoms with van der Waals surface area (Å²) in [5.74, 6) is -0.878. The second-order valence-electron chi connectivity index (χ2n) is 9.11. The quantitative estimate of drug-likeness (QED) is 0.615. The van der Waals surface area contributed by atoms with Gasteiger partial charge >= 0.3 is 5.97 Å². The van der Waals surface area contributed by atoms with Crippen LogP contribution in [0.5, 0.6) is 0 Å². The van der Waals surface area contributed by atoms with Gasteiger partial charge in [-0.25, -0.2) is 9.78 Å². The molecule has 2 fully saturated rings. The molecule has 1 aliphatic heterocycles. The normalized spacial score (nSPS) is 18.8. The average Bonchev–Trinajstić information content (AvgIpc) is 2.85. The molecule has 2 aromatic carbocycles. The van der Waals surface area contributed by atoms with E-state index in [1.54, 1.807) is 0 Å². The molecule has 166 valence electrons. The topological polar surface area (TPSA) is 56.7 Å². The Morgan fingerprint density at radius 2 is 1.59 bits per heavy atom. The number of pyridine rings is 1. The number of aromatic carboxylic acids is 1. The monoisotopic (exact) mass is 429 g/mol. The van der Waals surface area contributed by atoms with E-state index in [0.29, 0.717) is 12.1 Å². The summed E-state index contributed by atoms with van der Waals surface area (Å²) >= 11 is 0. The van der Waals surface area contributed by atoms with Crippen LogP contribution in [0.25, 0.3) is 22.2 Å². The molecule has 5 heteroatoms. The molecule has 2 aliphatic rings. The van der Waals surface area contributed by atoms with E-state index in [0.717, 1.165) is 59.9 Å². The van der Waals surface area contributed by atoms with Gasteiger partial charge in [-0.3, -0.25) is 9.80 Å². The van der Waals surface area contributed by atoms with Gasteiger partial charge in [-0.2, -0.15) is 0 Å². The van der Waals surface area contributed by atoms with E-state index >= 15 is 0 Å². The molecule has 0 atom stereocenters. The van der Waals surface area contributed by atoms with Gasteiger partial charge in [0, 0.05) is 55.3 Å². The van der Waals surface area contributed by atoms with Crippen molar-refractivity contribution in [3.63, 3.8) is 0 Å². The summed E-state index contributed by atoms with van der Waals surface area (Å²) in [5.41, 5.74) is 3.71. The van der Waals surface area contributed by atoms with E-state index in [4.69, 9.17) is 4.98 Å². The first-order valence-electron chi connectivity index (χ1n) is 11.9. The first-order chi connectivity index (χ1) is 15.7. The Morgan fingerprint density at radius 3 is 2.31 bits per heavy atom. The predicted octanol–water partition coefficient (Wildman–Crippen LogP) is 5.05. The van der Waals surface area contributed by atoms with Gasteiger partial charge in [0.05, 0.1) is 16.8 Å². The fourth-order valence-corrected chi connectivity index (χ4v) is 5.44. The maximum absolute atomic E-state index is 12.5. The Bertz CT molecular complexity index is 1080. The summed E-state index contributed by atoms with van der Waals surface area (Å²) in [4.78, 5) is 22.5. The number of carboxylic acid groups (broad SMARTS) is 1. The molecule has 1 saturated heterocycles. The molecule has 1 aromatic heterocycles. The number of nitrogens with zero attached hydrogens (tertiary/aromatic N) is 3. The minimum absolute atomic E-state index is 0.393. The lowest BCUT2D eigenvalue weighted by molar-refractivity contribution is 0.0684. The van der Waals surface area contributed by atoms with Crippen LogP contribution in [0.4, 0.5) is 0 Å². The third-order valence-corrected chi connectivity index (χ3v) is 7.13. The second kappa shape index (κ2) is 9.39. The van der Waals surface area contributed by atoms with Gasteiger partial charge in [0.15, 0.2) is 0 Å². The molecule has 1 N–H and O–H groups in total. The molecule has 0 unspecified atom stereocenters. The molecule has 2 heterocycles. The van der Waals surface area contributed by atoms with Gasteiger partial charge in [-0.05, 0) is 18.9 Å². The number of piperazine rings is 1. The molecule has 5 rings (SSSR count). The number of aromatic nitrogens is 1. The Labute approximate surface area is 189 Å². The van der Waals surface area contributed by atoms with Gasteiger partial charge in [-0.15, -0.1) is 0 Å². The molecule has 0 spiro atoms. The average molecular weight is 430 g/mol. The van der Waals surface area contributed by atoms with Crippen molar-refractivity contribution in [2.75, 3.05) is 26.2 Å². The van der Waals surface area contributed by atoms with Crippen LogP contribution in [0, 0.1) is 0 Å². The Morgan fingerprint density at radius 1 is 0.906 bits per heavy atom. The molecule has 0 radical (unpaired) electrons. The van der Waals surface area contributed by atoms with Gasteiger partial charge in [0.25, 0.3) is 0 Å². The van der Waals surface area contributed by atoms with Crippen molar-refractivity contribution in [3.8, 4) is 11.3 Å². The van der Waals surface area contributed by atoms with Crippen LogP contribution < -0.4 is 0 Å². The van der Waals surface area contributed by atoms with Crippen LogP contribution >= 0.6 is 0 Å². The lowest BCUT2D eigenvalue weighted by Crippen LogP contribution is -2.50. The van der Waals surface area contributed by atoms with Crippen LogP contribution in [0.15, 0.2) is 54.6 Å². The standard InChI is InChI=1S/C27H31N3O2/c31-27(32)25-22-13-7-8-14-24(22)28-26(20-9-3-1-4-10-20)23(25)19-29-15-17-30(18-16-29)21-11-5-2-6-12-21/h1,3-4,7-10,13-14,21H,2,5-6,11-12,15-19H2,(H,31,32). The van der Waals surface area contributed by atoms with E-state index in [-0.39, 0.29) is 0 Å². The summed E-state index contributed by atoms with van der Waals surface area (Å²) < 4.78 is 0.